The predicted octanol–water partition coefficient (Wildman–Crippen LogP) is 2.10. The molecule has 0 aliphatic carbocycles. The summed E-state index contributed by atoms with van der Waals surface area (Å²) in [6.45, 7) is 3.79. The van der Waals surface area contributed by atoms with Gasteiger partial charge in [-0.1, -0.05) is 12.6 Å². The first-order valence-corrected chi connectivity index (χ1v) is 8.05. The molecule has 8 heteroatoms. The molecular formula is C19H18N4O4. The van der Waals surface area contributed by atoms with Crippen LogP contribution in [-0.2, 0) is 9.59 Å². The fraction of sp³-hybridized carbons (Fsp3) is 0.105. The van der Waals surface area contributed by atoms with Gasteiger partial charge in [0.15, 0.2) is 5.92 Å². The van der Waals surface area contributed by atoms with Gasteiger partial charge in [0, 0.05) is 17.1 Å². The SMILES string of the molecule is C=C(Nc1cccc(N)c1)C1C(=O)NC(=O)N(c2ccc(OC)cc2)C1=O. The summed E-state index contributed by atoms with van der Waals surface area (Å²) in [5, 5.41) is 5.09. The third-order valence-electron chi connectivity index (χ3n) is 4.03. The topological polar surface area (TPSA) is 114 Å². The first kappa shape index (κ1) is 18.0. The standard InChI is InChI=1S/C19H18N4O4/c1-11(21-13-5-3-4-12(20)10-13)16-17(24)22-19(26)23(18(16)25)14-6-8-15(27-2)9-7-14/h3-10,16,21H,1,20H2,2H3,(H,22,24,26). The fourth-order valence-electron chi connectivity index (χ4n) is 2.73. The minimum absolute atomic E-state index is 0.133. The lowest BCUT2D eigenvalue weighted by molar-refractivity contribution is -0.132. The van der Waals surface area contributed by atoms with E-state index in [-0.39, 0.29) is 5.70 Å². The predicted molar refractivity (Wildman–Crippen MR) is 101 cm³/mol. The molecule has 0 spiro atoms. The number of benzene rings is 2. The Labute approximate surface area is 155 Å². The highest BCUT2D eigenvalue weighted by atomic mass is 16.5. The maximum absolute atomic E-state index is 12.9. The van der Waals surface area contributed by atoms with Gasteiger partial charge in [-0.3, -0.25) is 14.9 Å². The van der Waals surface area contributed by atoms with Gasteiger partial charge in [0.25, 0.3) is 5.91 Å². The van der Waals surface area contributed by atoms with Crippen molar-refractivity contribution in [2.75, 3.05) is 23.1 Å². The van der Waals surface area contributed by atoms with Crippen molar-refractivity contribution in [2.24, 2.45) is 5.92 Å². The van der Waals surface area contributed by atoms with E-state index in [1.165, 1.54) is 7.11 Å². The number of nitrogens with two attached hydrogens (primary N) is 1. The highest BCUT2D eigenvalue weighted by Crippen LogP contribution is 2.26. The lowest BCUT2D eigenvalue weighted by atomic mass is 10.0. The van der Waals surface area contributed by atoms with Crippen molar-refractivity contribution >= 4 is 34.9 Å². The minimum Gasteiger partial charge on any atom is -0.497 e. The Hall–Kier alpha value is -3.81. The number of hydrogen-bond donors (Lipinski definition) is 3. The number of anilines is 3. The Morgan fingerprint density at radius 3 is 2.52 bits per heavy atom. The second-order valence-corrected chi connectivity index (χ2v) is 5.87. The van der Waals surface area contributed by atoms with Gasteiger partial charge in [-0.25, -0.2) is 9.69 Å². The number of nitrogen functional groups attached to an aromatic ring is 1. The van der Waals surface area contributed by atoms with E-state index in [1.54, 1.807) is 48.5 Å². The highest BCUT2D eigenvalue weighted by Gasteiger charge is 2.43. The van der Waals surface area contributed by atoms with E-state index in [0.717, 1.165) is 4.90 Å². The third-order valence-corrected chi connectivity index (χ3v) is 4.03. The Kier molecular flexibility index (Phi) is 4.80. The third kappa shape index (κ3) is 3.59. The van der Waals surface area contributed by atoms with Gasteiger partial charge in [-0.05, 0) is 42.5 Å². The number of amides is 4. The molecule has 138 valence electrons. The van der Waals surface area contributed by atoms with Crippen LogP contribution in [0.1, 0.15) is 0 Å². The van der Waals surface area contributed by atoms with Crippen LogP contribution >= 0.6 is 0 Å². The summed E-state index contributed by atoms with van der Waals surface area (Å²) in [7, 11) is 1.51. The molecule has 1 aliphatic rings. The van der Waals surface area contributed by atoms with Crippen molar-refractivity contribution in [3.63, 3.8) is 0 Å². The minimum atomic E-state index is -1.27. The quantitative estimate of drug-likeness (QED) is 0.552. The second-order valence-electron chi connectivity index (χ2n) is 5.87. The van der Waals surface area contributed by atoms with E-state index in [2.05, 4.69) is 17.2 Å². The summed E-state index contributed by atoms with van der Waals surface area (Å²) >= 11 is 0. The van der Waals surface area contributed by atoms with E-state index in [0.29, 0.717) is 22.8 Å². The van der Waals surface area contributed by atoms with Crippen LogP contribution in [0, 0.1) is 5.92 Å². The molecule has 1 aliphatic heterocycles. The number of carbonyl (C=O) groups excluding carboxylic acids is 3. The van der Waals surface area contributed by atoms with Crippen LogP contribution in [0.15, 0.2) is 60.8 Å². The summed E-state index contributed by atoms with van der Waals surface area (Å²) in [5.74, 6) is -2.14. The number of urea groups is 1. The highest BCUT2D eigenvalue weighted by molar-refractivity contribution is 6.28. The first-order valence-electron chi connectivity index (χ1n) is 8.05. The van der Waals surface area contributed by atoms with Crippen molar-refractivity contribution in [1.29, 1.82) is 0 Å². The van der Waals surface area contributed by atoms with Gasteiger partial charge < -0.3 is 15.8 Å². The Balaban J connectivity index is 1.86. The van der Waals surface area contributed by atoms with Gasteiger partial charge in [0.2, 0.25) is 5.91 Å². The number of barbiturate groups is 1. The molecule has 1 unspecified atom stereocenters. The van der Waals surface area contributed by atoms with E-state index in [4.69, 9.17) is 10.5 Å². The van der Waals surface area contributed by atoms with Crippen molar-refractivity contribution in [3.8, 4) is 5.75 Å². The molecule has 1 saturated heterocycles. The smallest absolute Gasteiger partial charge is 0.335 e. The molecule has 0 saturated carbocycles. The van der Waals surface area contributed by atoms with E-state index in [1.807, 2.05) is 0 Å². The molecule has 4 amide bonds. The number of hydrogen-bond acceptors (Lipinski definition) is 6. The Morgan fingerprint density at radius 2 is 1.89 bits per heavy atom. The van der Waals surface area contributed by atoms with Crippen LogP contribution in [0.5, 0.6) is 5.75 Å². The number of rotatable bonds is 5. The van der Waals surface area contributed by atoms with Gasteiger partial charge in [-0.2, -0.15) is 0 Å². The fourth-order valence-corrected chi connectivity index (χ4v) is 2.73. The molecule has 2 aromatic rings. The van der Waals surface area contributed by atoms with Crippen molar-refractivity contribution < 1.29 is 19.1 Å². The molecule has 8 nitrogen and oxygen atoms in total. The van der Waals surface area contributed by atoms with Gasteiger partial charge in [0.05, 0.1) is 12.8 Å². The summed E-state index contributed by atoms with van der Waals surface area (Å²) < 4.78 is 5.07. The van der Waals surface area contributed by atoms with Crippen LogP contribution in [0.2, 0.25) is 0 Å². The lowest BCUT2D eigenvalue weighted by Gasteiger charge is -2.31. The number of methoxy groups -OCH3 is 1. The number of carbonyl (C=O) groups is 3. The number of nitrogens with one attached hydrogen (secondary N) is 2. The van der Waals surface area contributed by atoms with Crippen molar-refractivity contribution in [1.82, 2.24) is 5.32 Å². The number of imide groups is 2. The molecule has 0 radical (unpaired) electrons. The maximum Gasteiger partial charge on any atom is 0.335 e. The second kappa shape index (κ2) is 7.20. The monoisotopic (exact) mass is 366 g/mol. The molecular weight excluding hydrogens is 348 g/mol. The summed E-state index contributed by atoms with van der Waals surface area (Å²) in [5.41, 5.74) is 7.27. The summed E-state index contributed by atoms with van der Waals surface area (Å²) in [6, 6.07) is 12.3. The summed E-state index contributed by atoms with van der Waals surface area (Å²) in [6.07, 6.45) is 0. The first-order chi connectivity index (χ1) is 12.9. The average molecular weight is 366 g/mol. The normalized spacial score (nSPS) is 16.7. The Bertz CT molecular complexity index is 924. The molecule has 27 heavy (non-hydrogen) atoms. The van der Waals surface area contributed by atoms with Crippen molar-refractivity contribution in [2.45, 2.75) is 0 Å². The zero-order valence-electron chi connectivity index (χ0n) is 14.6. The number of ether oxygens (including phenoxy) is 1. The van der Waals surface area contributed by atoms with Crippen molar-refractivity contribution in [3.05, 3.63) is 60.8 Å². The maximum atomic E-state index is 12.9. The van der Waals surface area contributed by atoms with Crippen LogP contribution in [0.4, 0.5) is 21.9 Å². The molecule has 0 bridgehead atoms. The molecule has 1 fully saturated rings. The van der Waals surface area contributed by atoms with Crippen LogP contribution in [0.25, 0.3) is 0 Å². The van der Waals surface area contributed by atoms with E-state index >= 15 is 0 Å². The van der Waals surface area contributed by atoms with Gasteiger partial charge in [0.1, 0.15) is 5.75 Å². The molecule has 1 atom stereocenters. The van der Waals surface area contributed by atoms with Gasteiger partial charge >= 0.3 is 6.03 Å². The Morgan fingerprint density at radius 1 is 1.19 bits per heavy atom. The zero-order valence-corrected chi connectivity index (χ0v) is 14.6. The average Bonchev–Trinajstić information content (AvgIpc) is 2.62. The zero-order chi connectivity index (χ0) is 19.6. The molecule has 4 N–H and O–H groups in total. The van der Waals surface area contributed by atoms with E-state index < -0.39 is 23.8 Å². The van der Waals surface area contributed by atoms with E-state index in [9.17, 15) is 14.4 Å². The van der Waals surface area contributed by atoms with Crippen LogP contribution < -0.4 is 26.0 Å². The number of nitrogens with zero attached hydrogens (tertiary/aromatic N) is 1. The molecule has 3 rings (SSSR count). The molecule has 2 aromatic carbocycles. The largest absolute Gasteiger partial charge is 0.497 e. The molecule has 0 aromatic heterocycles. The van der Waals surface area contributed by atoms with Crippen LogP contribution in [0.3, 0.4) is 0 Å². The van der Waals surface area contributed by atoms with Crippen LogP contribution in [-0.4, -0.2) is 25.0 Å². The lowest BCUT2D eigenvalue weighted by Crippen LogP contribution is -2.59. The summed E-state index contributed by atoms with van der Waals surface area (Å²) in [4.78, 5) is 38.3. The van der Waals surface area contributed by atoms with Gasteiger partial charge in [-0.15, -0.1) is 0 Å². The molecule has 1 heterocycles.